The Morgan fingerprint density at radius 1 is 1.05 bits per heavy atom. The summed E-state index contributed by atoms with van der Waals surface area (Å²) in [7, 11) is 0. The van der Waals surface area contributed by atoms with Crippen LogP contribution in [0.5, 0.6) is 5.75 Å². The number of thiazole rings is 1. The van der Waals surface area contributed by atoms with Crippen LogP contribution in [0.2, 0.25) is 0 Å². The largest absolute Gasteiger partial charge is 0.505 e. The van der Waals surface area contributed by atoms with Crippen molar-refractivity contribution in [3.05, 3.63) is 81.3 Å². The van der Waals surface area contributed by atoms with Gasteiger partial charge in [-0.15, -0.1) is 0 Å². The van der Waals surface area contributed by atoms with Gasteiger partial charge in [0.25, 0.3) is 5.78 Å². The molecule has 1 fully saturated rings. The van der Waals surface area contributed by atoms with Gasteiger partial charge in [-0.2, -0.15) is 0 Å². The van der Waals surface area contributed by atoms with Gasteiger partial charge in [0.15, 0.2) is 16.7 Å². The number of unbranched alkanes of at least 4 members (excludes halogenated alkanes) is 3. The minimum atomic E-state index is -0.987. The highest BCUT2D eigenvalue weighted by Gasteiger charge is 2.48. The molecule has 1 aromatic carbocycles. The number of ketones is 2. The van der Waals surface area contributed by atoms with Crippen molar-refractivity contribution >= 4 is 45.3 Å². The standard InChI is InChI=1S/C32H34N4O5S/c1-6-7-8-9-17-41-23-14-12-22(13-15-23)26-24(27(38)25-20(4)35-16-10-11-18(2)30(35)34-25)28(39)31(40)36(26)32-33-19(3)29(42-32)21(5)37/h10-16,26,38H,6-9,17H2,1-5H3/b27-24+. The Bertz CT molecular complexity index is 1720. The van der Waals surface area contributed by atoms with Gasteiger partial charge in [-0.25, -0.2) is 9.97 Å². The molecule has 1 unspecified atom stereocenters. The molecule has 1 N–H and O–H groups in total. The number of carbonyl (C=O) groups excluding carboxylic acids is 3. The molecule has 1 aliphatic heterocycles. The first-order valence-corrected chi connectivity index (χ1v) is 14.9. The average molecular weight is 587 g/mol. The number of rotatable bonds is 10. The first kappa shape index (κ1) is 29.2. The van der Waals surface area contributed by atoms with E-state index >= 15 is 0 Å². The number of Topliss-reactive ketones (excluding diaryl/α,β-unsaturated/α-hetero) is 2. The van der Waals surface area contributed by atoms with Crippen molar-refractivity contribution in [3.8, 4) is 5.75 Å². The number of hydrogen-bond acceptors (Lipinski definition) is 8. The number of aliphatic hydroxyl groups excluding tert-OH is 1. The number of aliphatic hydroxyl groups is 1. The van der Waals surface area contributed by atoms with Gasteiger partial charge in [-0.05, 0) is 56.5 Å². The molecule has 1 atom stereocenters. The van der Waals surface area contributed by atoms with Gasteiger partial charge in [0.05, 0.1) is 34.5 Å². The number of nitrogens with zero attached hydrogens (tertiary/aromatic N) is 4. The van der Waals surface area contributed by atoms with Crippen LogP contribution in [0.3, 0.4) is 0 Å². The second kappa shape index (κ2) is 11.9. The monoisotopic (exact) mass is 586 g/mol. The van der Waals surface area contributed by atoms with Crippen LogP contribution in [0.25, 0.3) is 11.4 Å². The van der Waals surface area contributed by atoms with E-state index in [1.54, 1.807) is 38.1 Å². The maximum atomic E-state index is 13.6. The number of aromatic nitrogens is 3. The molecule has 10 heteroatoms. The molecule has 4 aromatic rings. The second-order valence-corrected chi connectivity index (χ2v) is 11.5. The summed E-state index contributed by atoms with van der Waals surface area (Å²) >= 11 is 1.05. The zero-order valence-corrected chi connectivity index (χ0v) is 25.2. The smallest absolute Gasteiger partial charge is 0.301 e. The van der Waals surface area contributed by atoms with E-state index in [0.717, 1.165) is 42.6 Å². The van der Waals surface area contributed by atoms with Gasteiger partial charge in [-0.1, -0.05) is 55.7 Å². The predicted molar refractivity (Wildman–Crippen MR) is 162 cm³/mol. The summed E-state index contributed by atoms with van der Waals surface area (Å²) in [6, 6.07) is 9.96. The summed E-state index contributed by atoms with van der Waals surface area (Å²) in [6.45, 7) is 9.59. The lowest BCUT2D eigenvalue weighted by Gasteiger charge is -2.23. The lowest BCUT2D eigenvalue weighted by Crippen LogP contribution is -2.29. The van der Waals surface area contributed by atoms with Crippen LogP contribution in [0.15, 0.2) is 48.2 Å². The molecule has 42 heavy (non-hydrogen) atoms. The molecule has 0 aliphatic carbocycles. The Morgan fingerprint density at radius 3 is 2.43 bits per heavy atom. The van der Waals surface area contributed by atoms with Crippen LogP contribution >= 0.6 is 11.3 Å². The summed E-state index contributed by atoms with van der Waals surface area (Å²) < 4.78 is 7.74. The Kier molecular flexibility index (Phi) is 8.27. The maximum absolute atomic E-state index is 13.6. The van der Waals surface area contributed by atoms with Crippen LogP contribution in [0.1, 0.15) is 83.5 Å². The Hall–Kier alpha value is -4.31. The minimum Gasteiger partial charge on any atom is -0.505 e. The minimum absolute atomic E-state index is 0.0883. The second-order valence-electron chi connectivity index (χ2n) is 10.5. The zero-order chi connectivity index (χ0) is 30.1. The summed E-state index contributed by atoms with van der Waals surface area (Å²) in [5.74, 6) is -1.56. The first-order chi connectivity index (χ1) is 20.1. The Morgan fingerprint density at radius 2 is 1.79 bits per heavy atom. The van der Waals surface area contributed by atoms with Crippen molar-refractivity contribution in [3.63, 3.8) is 0 Å². The number of anilines is 1. The molecule has 1 aliphatic rings. The summed E-state index contributed by atoms with van der Waals surface area (Å²) in [5.41, 5.74) is 3.37. The van der Waals surface area contributed by atoms with E-state index in [9.17, 15) is 19.5 Å². The van der Waals surface area contributed by atoms with E-state index in [1.165, 1.54) is 11.8 Å². The third-order valence-corrected chi connectivity index (χ3v) is 8.78. The van der Waals surface area contributed by atoms with Crippen molar-refractivity contribution in [1.82, 2.24) is 14.4 Å². The predicted octanol–water partition coefficient (Wildman–Crippen LogP) is 6.50. The normalized spacial score (nSPS) is 16.5. The third-order valence-electron chi connectivity index (χ3n) is 7.53. The van der Waals surface area contributed by atoms with Crippen LogP contribution in [-0.2, 0) is 9.59 Å². The van der Waals surface area contributed by atoms with Crippen LogP contribution < -0.4 is 9.64 Å². The summed E-state index contributed by atoms with van der Waals surface area (Å²) in [5, 5.41) is 11.9. The van der Waals surface area contributed by atoms with Crippen molar-refractivity contribution in [1.29, 1.82) is 0 Å². The summed E-state index contributed by atoms with van der Waals surface area (Å²) in [4.78, 5) is 50.3. The topological polar surface area (TPSA) is 114 Å². The van der Waals surface area contributed by atoms with Crippen molar-refractivity contribution < 1.29 is 24.2 Å². The SMILES string of the molecule is CCCCCCOc1ccc(C2/C(=C(\O)c3nc4c(C)cccn4c3C)C(=O)C(=O)N2c2nc(C)c(C(C)=O)s2)cc1. The molecule has 1 saturated heterocycles. The lowest BCUT2D eigenvalue weighted by molar-refractivity contribution is -0.132. The van der Waals surface area contributed by atoms with Gasteiger partial charge in [0.2, 0.25) is 0 Å². The Labute approximate surface area is 248 Å². The Balaban J connectivity index is 1.62. The van der Waals surface area contributed by atoms with E-state index in [0.29, 0.717) is 39.8 Å². The number of aryl methyl sites for hydroxylation is 3. The first-order valence-electron chi connectivity index (χ1n) is 14.1. The highest BCUT2D eigenvalue weighted by molar-refractivity contribution is 7.18. The zero-order valence-electron chi connectivity index (χ0n) is 24.4. The van der Waals surface area contributed by atoms with Gasteiger partial charge < -0.3 is 14.2 Å². The molecular weight excluding hydrogens is 552 g/mol. The molecular formula is C32H34N4O5S. The van der Waals surface area contributed by atoms with E-state index < -0.39 is 17.7 Å². The number of fused-ring (bicyclic) bond motifs is 1. The van der Waals surface area contributed by atoms with Crippen LogP contribution in [0, 0.1) is 20.8 Å². The quantitative estimate of drug-likeness (QED) is 0.0741. The highest BCUT2D eigenvalue weighted by Crippen LogP contribution is 2.44. The van der Waals surface area contributed by atoms with Gasteiger partial charge >= 0.3 is 5.91 Å². The molecule has 0 bridgehead atoms. The fourth-order valence-electron chi connectivity index (χ4n) is 5.30. The fourth-order valence-corrected chi connectivity index (χ4v) is 6.29. The molecule has 9 nitrogen and oxygen atoms in total. The van der Waals surface area contributed by atoms with Crippen molar-refractivity contribution in [2.75, 3.05) is 11.5 Å². The molecule has 0 saturated carbocycles. The number of pyridine rings is 1. The van der Waals surface area contributed by atoms with E-state index in [4.69, 9.17) is 4.74 Å². The number of imidazole rings is 1. The number of ether oxygens (including phenoxy) is 1. The molecule has 0 radical (unpaired) electrons. The molecule has 5 rings (SSSR count). The van der Waals surface area contributed by atoms with Crippen LogP contribution in [0.4, 0.5) is 5.13 Å². The van der Waals surface area contributed by atoms with Crippen LogP contribution in [-0.4, -0.2) is 43.6 Å². The van der Waals surface area contributed by atoms with E-state index in [-0.39, 0.29) is 27.9 Å². The highest BCUT2D eigenvalue weighted by atomic mass is 32.1. The number of carbonyl (C=O) groups is 3. The lowest BCUT2D eigenvalue weighted by atomic mass is 9.96. The molecule has 4 heterocycles. The summed E-state index contributed by atoms with van der Waals surface area (Å²) in [6.07, 6.45) is 6.19. The van der Waals surface area contributed by atoms with E-state index in [1.807, 2.05) is 29.7 Å². The molecule has 1 amide bonds. The average Bonchev–Trinajstić information content (AvgIpc) is 3.60. The molecule has 0 spiro atoms. The third kappa shape index (κ3) is 5.22. The fraction of sp³-hybridized carbons (Fsp3) is 0.344. The van der Waals surface area contributed by atoms with Gasteiger partial charge in [0.1, 0.15) is 17.1 Å². The molecule has 3 aromatic heterocycles. The van der Waals surface area contributed by atoms with Crippen molar-refractivity contribution in [2.24, 2.45) is 0 Å². The van der Waals surface area contributed by atoms with Gasteiger partial charge in [0, 0.05) is 13.1 Å². The number of amides is 1. The number of benzene rings is 1. The molecule has 218 valence electrons. The van der Waals surface area contributed by atoms with Gasteiger partial charge in [-0.3, -0.25) is 19.3 Å². The maximum Gasteiger partial charge on any atom is 0.301 e. The van der Waals surface area contributed by atoms with Crippen molar-refractivity contribution in [2.45, 2.75) is 66.3 Å². The number of hydrogen-bond donors (Lipinski definition) is 1. The van der Waals surface area contributed by atoms with E-state index in [2.05, 4.69) is 16.9 Å².